The molecule has 0 atom stereocenters. The zero-order valence-electron chi connectivity index (χ0n) is 10.6. The van der Waals surface area contributed by atoms with Crippen LogP contribution in [0.25, 0.3) is 11.1 Å². The maximum Gasteiger partial charge on any atom is -0.00133 e. The minimum Gasteiger partial charge on any atom is -0.0613 e. The number of hydrogen-bond donors (Lipinski definition) is 0. The number of hydrogen-bond acceptors (Lipinski definition) is 0. The molecular formula is C17H18. The zero-order chi connectivity index (χ0) is 11.8. The molecule has 0 saturated carbocycles. The summed E-state index contributed by atoms with van der Waals surface area (Å²) in [5, 5.41) is 0. The fraction of sp³-hybridized carbons (Fsp3) is 0.294. The lowest BCUT2D eigenvalue weighted by atomic mass is 10.0. The van der Waals surface area contributed by atoms with Gasteiger partial charge >= 0.3 is 0 Å². The van der Waals surface area contributed by atoms with E-state index in [1.54, 1.807) is 0 Å². The Morgan fingerprint density at radius 1 is 0.765 bits per heavy atom. The standard InChI is InChI=1S/C17H18/c1-3-12-5-7-16-14(9-12)11-15-10-13(4-2)6-8-17(15)16/h5-10H,3-4,11H2,1-2H3. The van der Waals surface area contributed by atoms with Gasteiger partial charge in [0.15, 0.2) is 0 Å². The topological polar surface area (TPSA) is 0 Å². The van der Waals surface area contributed by atoms with Crippen LogP contribution in [0.5, 0.6) is 0 Å². The highest BCUT2D eigenvalue weighted by molar-refractivity contribution is 5.77. The van der Waals surface area contributed by atoms with Crippen LogP contribution in [0.2, 0.25) is 0 Å². The lowest BCUT2D eigenvalue weighted by Gasteiger charge is -2.04. The molecule has 0 aromatic heterocycles. The van der Waals surface area contributed by atoms with Crippen molar-refractivity contribution in [3.8, 4) is 11.1 Å². The summed E-state index contributed by atoms with van der Waals surface area (Å²) in [6.07, 6.45) is 3.38. The monoisotopic (exact) mass is 222 g/mol. The van der Waals surface area contributed by atoms with E-state index in [9.17, 15) is 0 Å². The first kappa shape index (κ1) is 10.6. The van der Waals surface area contributed by atoms with E-state index < -0.39 is 0 Å². The van der Waals surface area contributed by atoms with Gasteiger partial charge in [0, 0.05) is 0 Å². The van der Waals surface area contributed by atoms with Gasteiger partial charge in [-0.05, 0) is 52.6 Å². The van der Waals surface area contributed by atoms with Gasteiger partial charge in [-0.2, -0.15) is 0 Å². The molecule has 2 aromatic rings. The smallest absolute Gasteiger partial charge is 0.00133 e. The predicted molar refractivity (Wildman–Crippen MR) is 73.4 cm³/mol. The molecule has 0 spiro atoms. The van der Waals surface area contributed by atoms with Gasteiger partial charge in [-0.25, -0.2) is 0 Å². The number of benzene rings is 2. The molecule has 1 aliphatic rings. The van der Waals surface area contributed by atoms with E-state index in [1.165, 1.54) is 33.4 Å². The quantitative estimate of drug-likeness (QED) is 0.603. The van der Waals surface area contributed by atoms with Crippen molar-refractivity contribution < 1.29 is 0 Å². The van der Waals surface area contributed by atoms with Crippen molar-refractivity contribution in [2.75, 3.05) is 0 Å². The van der Waals surface area contributed by atoms with Gasteiger partial charge < -0.3 is 0 Å². The molecule has 0 nitrogen and oxygen atoms in total. The van der Waals surface area contributed by atoms with E-state index in [2.05, 4.69) is 50.2 Å². The summed E-state index contributed by atoms with van der Waals surface area (Å²) >= 11 is 0. The van der Waals surface area contributed by atoms with Crippen LogP contribution in [0, 0.1) is 0 Å². The second-order valence-electron chi connectivity index (χ2n) is 4.87. The van der Waals surface area contributed by atoms with Crippen molar-refractivity contribution >= 4 is 0 Å². The molecule has 2 aromatic carbocycles. The average molecular weight is 222 g/mol. The second-order valence-corrected chi connectivity index (χ2v) is 4.87. The molecule has 0 heterocycles. The van der Waals surface area contributed by atoms with Crippen LogP contribution in [0.15, 0.2) is 36.4 Å². The molecule has 0 unspecified atom stereocenters. The van der Waals surface area contributed by atoms with E-state index >= 15 is 0 Å². The van der Waals surface area contributed by atoms with Crippen molar-refractivity contribution in [2.24, 2.45) is 0 Å². The summed E-state index contributed by atoms with van der Waals surface area (Å²) in [4.78, 5) is 0. The van der Waals surface area contributed by atoms with E-state index in [1.807, 2.05) is 0 Å². The van der Waals surface area contributed by atoms with Gasteiger partial charge in [-0.15, -0.1) is 0 Å². The molecule has 86 valence electrons. The molecule has 0 radical (unpaired) electrons. The Morgan fingerprint density at radius 3 is 1.65 bits per heavy atom. The summed E-state index contributed by atoms with van der Waals surface area (Å²) in [5.41, 5.74) is 8.81. The molecule has 0 amide bonds. The van der Waals surface area contributed by atoms with Gasteiger partial charge in [0.05, 0.1) is 0 Å². The summed E-state index contributed by atoms with van der Waals surface area (Å²) < 4.78 is 0. The van der Waals surface area contributed by atoms with E-state index in [4.69, 9.17) is 0 Å². The fourth-order valence-electron chi connectivity index (χ4n) is 2.76. The highest BCUT2D eigenvalue weighted by atomic mass is 14.2. The van der Waals surface area contributed by atoms with Crippen molar-refractivity contribution in [1.29, 1.82) is 0 Å². The summed E-state index contributed by atoms with van der Waals surface area (Å²) in [5.74, 6) is 0. The minimum atomic E-state index is 1.12. The normalized spacial score (nSPS) is 12.4. The van der Waals surface area contributed by atoms with Crippen LogP contribution in [-0.2, 0) is 19.3 Å². The molecule has 17 heavy (non-hydrogen) atoms. The molecule has 0 aliphatic heterocycles. The van der Waals surface area contributed by atoms with Gasteiger partial charge in [0.25, 0.3) is 0 Å². The van der Waals surface area contributed by atoms with E-state index in [-0.39, 0.29) is 0 Å². The largest absolute Gasteiger partial charge is 0.0613 e. The second kappa shape index (κ2) is 4.03. The SMILES string of the molecule is CCc1ccc2c(c1)Cc1cc(CC)ccc1-2. The maximum atomic E-state index is 2.38. The minimum absolute atomic E-state index is 1.12. The Balaban J connectivity index is 2.10. The fourth-order valence-corrected chi connectivity index (χ4v) is 2.76. The molecule has 0 heteroatoms. The highest BCUT2D eigenvalue weighted by Crippen LogP contribution is 2.37. The Labute approximate surface area is 103 Å². The summed E-state index contributed by atoms with van der Waals surface area (Å²) in [6.45, 7) is 4.44. The third-order valence-corrected chi connectivity index (χ3v) is 3.83. The summed E-state index contributed by atoms with van der Waals surface area (Å²) in [6, 6.07) is 13.9. The Morgan fingerprint density at radius 2 is 1.24 bits per heavy atom. The summed E-state index contributed by atoms with van der Waals surface area (Å²) in [7, 11) is 0. The van der Waals surface area contributed by atoms with Crippen molar-refractivity contribution in [1.82, 2.24) is 0 Å². The molecule has 0 N–H and O–H groups in total. The van der Waals surface area contributed by atoms with Crippen molar-refractivity contribution in [2.45, 2.75) is 33.1 Å². The molecule has 0 bridgehead atoms. The zero-order valence-corrected chi connectivity index (χ0v) is 10.6. The lowest BCUT2D eigenvalue weighted by Crippen LogP contribution is -1.85. The molecule has 3 rings (SSSR count). The third-order valence-electron chi connectivity index (χ3n) is 3.83. The average Bonchev–Trinajstić information content (AvgIpc) is 2.74. The van der Waals surface area contributed by atoms with Crippen LogP contribution in [0.4, 0.5) is 0 Å². The van der Waals surface area contributed by atoms with Crippen LogP contribution >= 0.6 is 0 Å². The number of rotatable bonds is 2. The van der Waals surface area contributed by atoms with E-state index in [0.29, 0.717) is 0 Å². The van der Waals surface area contributed by atoms with Gasteiger partial charge in [-0.1, -0.05) is 50.2 Å². The first-order valence-corrected chi connectivity index (χ1v) is 6.55. The highest BCUT2D eigenvalue weighted by Gasteiger charge is 2.18. The molecule has 0 saturated heterocycles. The molecule has 1 aliphatic carbocycles. The van der Waals surface area contributed by atoms with Gasteiger partial charge in [0.1, 0.15) is 0 Å². The molecular weight excluding hydrogens is 204 g/mol. The van der Waals surface area contributed by atoms with E-state index in [0.717, 1.165) is 19.3 Å². The Bertz CT molecular complexity index is 513. The van der Waals surface area contributed by atoms with Crippen LogP contribution in [-0.4, -0.2) is 0 Å². The van der Waals surface area contributed by atoms with Crippen LogP contribution in [0.1, 0.15) is 36.1 Å². The first-order chi connectivity index (χ1) is 8.31. The van der Waals surface area contributed by atoms with Crippen LogP contribution in [0.3, 0.4) is 0 Å². The van der Waals surface area contributed by atoms with Crippen LogP contribution < -0.4 is 0 Å². The number of fused-ring (bicyclic) bond motifs is 3. The maximum absolute atomic E-state index is 2.38. The third kappa shape index (κ3) is 1.68. The van der Waals surface area contributed by atoms with Gasteiger partial charge in [-0.3, -0.25) is 0 Å². The first-order valence-electron chi connectivity index (χ1n) is 6.55. The Hall–Kier alpha value is -1.56. The van der Waals surface area contributed by atoms with Crippen molar-refractivity contribution in [3.05, 3.63) is 58.7 Å². The molecule has 0 fully saturated rings. The Kier molecular flexibility index (Phi) is 2.51. The van der Waals surface area contributed by atoms with Gasteiger partial charge in [0.2, 0.25) is 0 Å². The lowest BCUT2D eigenvalue weighted by molar-refractivity contribution is 1.11. The predicted octanol–water partition coefficient (Wildman–Crippen LogP) is 4.38. The number of aryl methyl sites for hydroxylation is 2. The van der Waals surface area contributed by atoms with Crippen molar-refractivity contribution in [3.63, 3.8) is 0 Å².